The van der Waals surface area contributed by atoms with Gasteiger partial charge in [-0.2, -0.15) is 13.2 Å². The third kappa shape index (κ3) is 5.69. The summed E-state index contributed by atoms with van der Waals surface area (Å²) < 4.78 is 40.3. The third-order valence-electron chi connectivity index (χ3n) is 8.06. The standard InChI is InChI=1S/C22H37ClF3N5O2/c1-11-7-16-17(8-12(11)2)31(19-18(28-16)20(32)30-21(33)29-19)6-5-27-10-13-3-4-14(23)9-15(13)22(24,25)26/h9,11-14,16-21,27-30,32-33H,3-8,10H2,1-2H3/t11-,12?,13?,14?,16?,17?,18?,19?,20?,21?/m0/s1. The van der Waals surface area contributed by atoms with Gasteiger partial charge in [-0.05, 0) is 37.5 Å². The minimum Gasteiger partial charge on any atom is -0.377 e. The van der Waals surface area contributed by atoms with Crippen LogP contribution in [0.2, 0.25) is 0 Å². The molecular weight excluding hydrogens is 459 g/mol. The highest BCUT2D eigenvalue weighted by molar-refractivity contribution is 6.21. The fourth-order valence-corrected chi connectivity index (χ4v) is 6.32. The van der Waals surface area contributed by atoms with E-state index in [9.17, 15) is 23.4 Å². The average molecular weight is 496 g/mol. The normalized spacial score (nSPS) is 44.7. The van der Waals surface area contributed by atoms with E-state index < -0.39 is 35.6 Å². The van der Waals surface area contributed by atoms with Crippen LogP contribution in [-0.4, -0.2) is 83.2 Å². The molecule has 6 N–H and O–H groups in total. The highest BCUT2D eigenvalue weighted by Crippen LogP contribution is 2.39. The van der Waals surface area contributed by atoms with Crippen molar-refractivity contribution in [2.45, 2.75) is 88.0 Å². The molecule has 0 aromatic carbocycles. The molecule has 0 amide bonds. The zero-order valence-electron chi connectivity index (χ0n) is 19.2. The molecule has 10 atom stereocenters. The Morgan fingerprint density at radius 1 is 1.12 bits per heavy atom. The summed E-state index contributed by atoms with van der Waals surface area (Å²) >= 11 is 5.96. The minimum atomic E-state index is -4.36. The SMILES string of the molecule is CC1CC2C(C[C@@H]1C)NC1C(O)NC(O)NC1N2CCNCC1CCC(Cl)C=C1C(F)(F)F. The summed E-state index contributed by atoms with van der Waals surface area (Å²) in [5.41, 5.74) is -0.523. The van der Waals surface area contributed by atoms with Crippen molar-refractivity contribution in [1.29, 1.82) is 0 Å². The molecule has 3 fully saturated rings. The van der Waals surface area contributed by atoms with E-state index in [4.69, 9.17) is 11.6 Å². The van der Waals surface area contributed by atoms with Crippen LogP contribution in [0.15, 0.2) is 11.6 Å². The van der Waals surface area contributed by atoms with Crippen LogP contribution >= 0.6 is 11.6 Å². The lowest BCUT2D eigenvalue weighted by Crippen LogP contribution is -2.81. The zero-order chi connectivity index (χ0) is 23.9. The molecule has 0 spiro atoms. The molecule has 0 aromatic rings. The molecule has 0 aromatic heterocycles. The smallest absolute Gasteiger partial charge is 0.377 e. The maximum atomic E-state index is 13.4. The van der Waals surface area contributed by atoms with Crippen LogP contribution in [0, 0.1) is 17.8 Å². The Hall–Kier alpha value is -0.460. The van der Waals surface area contributed by atoms with Crippen molar-refractivity contribution in [2.24, 2.45) is 17.8 Å². The van der Waals surface area contributed by atoms with Gasteiger partial charge >= 0.3 is 6.18 Å². The van der Waals surface area contributed by atoms with Crippen LogP contribution in [0.25, 0.3) is 0 Å². The van der Waals surface area contributed by atoms with Gasteiger partial charge in [0.05, 0.1) is 17.6 Å². The second kappa shape index (κ2) is 10.3. The van der Waals surface area contributed by atoms with E-state index in [1.54, 1.807) is 0 Å². The number of piperazine rings is 1. The van der Waals surface area contributed by atoms with Gasteiger partial charge in [-0.15, -0.1) is 11.6 Å². The number of fused-ring (bicyclic) bond motifs is 2. The van der Waals surface area contributed by atoms with Crippen LogP contribution in [0.1, 0.15) is 39.5 Å². The topological polar surface area (TPSA) is 91.8 Å². The predicted molar refractivity (Wildman–Crippen MR) is 120 cm³/mol. The number of alkyl halides is 4. The molecular formula is C22H37ClF3N5O2. The Balaban J connectivity index is 1.41. The molecule has 1 saturated carbocycles. The van der Waals surface area contributed by atoms with Crippen molar-refractivity contribution < 1.29 is 23.4 Å². The lowest BCUT2D eigenvalue weighted by atomic mass is 9.73. The fourth-order valence-electron chi connectivity index (χ4n) is 6.06. The Morgan fingerprint density at radius 2 is 1.85 bits per heavy atom. The van der Waals surface area contributed by atoms with Crippen LogP contribution in [0.3, 0.4) is 0 Å². The van der Waals surface area contributed by atoms with Gasteiger partial charge in [0.2, 0.25) is 0 Å². The van der Waals surface area contributed by atoms with Crippen LogP contribution < -0.4 is 21.3 Å². The zero-order valence-corrected chi connectivity index (χ0v) is 19.9. The number of halogens is 4. The van der Waals surface area contributed by atoms with Gasteiger partial charge in [0.15, 0.2) is 6.35 Å². The van der Waals surface area contributed by atoms with E-state index in [2.05, 4.69) is 40.0 Å². The van der Waals surface area contributed by atoms with E-state index in [0.29, 0.717) is 37.8 Å². The molecule has 2 heterocycles. The number of nitrogens with one attached hydrogen (secondary N) is 4. The summed E-state index contributed by atoms with van der Waals surface area (Å²) in [5.74, 6) is 0.508. The van der Waals surface area contributed by atoms with Gasteiger partial charge in [0.1, 0.15) is 6.23 Å². The fraction of sp³-hybridized carbons (Fsp3) is 0.909. The number of rotatable bonds is 5. The molecule has 2 aliphatic heterocycles. The molecule has 7 nitrogen and oxygen atoms in total. The first-order valence-electron chi connectivity index (χ1n) is 12.1. The summed E-state index contributed by atoms with van der Waals surface area (Å²) in [6, 6.07) is 0.139. The second-order valence-electron chi connectivity index (χ2n) is 10.3. The number of allylic oxidation sites excluding steroid dienone is 1. The molecule has 4 aliphatic rings. The van der Waals surface area contributed by atoms with Gasteiger partial charge in [-0.3, -0.25) is 15.5 Å². The van der Waals surface area contributed by atoms with Crippen molar-refractivity contribution in [3.8, 4) is 0 Å². The van der Waals surface area contributed by atoms with Crippen molar-refractivity contribution in [3.05, 3.63) is 11.6 Å². The summed E-state index contributed by atoms with van der Waals surface area (Å²) in [6.07, 6.45) is -2.47. The first-order valence-corrected chi connectivity index (χ1v) is 12.5. The highest BCUT2D eigenvalue weighted by atomic mass is 35.5. The maximum Gasteiger partial charge on any atom is 0.412 e. The lowest BCUT2D eigenvalue weighted by molar-refractivity contribution is -0.128. The summed E-state index contributed by atoms with van der Waals surface area (Å²) in [4.78, 5) is 2.28. The van der Waals surface area contributed by atoms with Crippen molar-refractivity contribution in [1.82, 2.24) is 26.2 Å². The van der Waals surface area contributed by atoms with Crippen LogP contribution in [-0.2, 0) is 0 Å². The van der Waals surface area contributed by atoms with Gasteiger partial charge in [0, 0.05) is 43.2 Å². The first kappa shape index (κ1) is 25.6. The van der Waals surface area contributed by atoms with Crippen LogP contribution in [0.5, 0.6) is 0 Å². The van der Waals surface area contributed by atoms with Crippen molar-refractivity contribution in [3.63, 3.8) is 0 Å². The van der Waals surface area contributed by atoms with Crippen LogP contribution in [0.4, 0.5) is 13.2 Å². The largest absolute Gasteiger partial charge is 0.412 e. The number of aliphatic hydroxyl groups excluding tert-OH is 2. The van der Waals surface area contributed by atoms with Crippen molar-refractivity contribution in [2.75, 3.05) is 19.6 Å². The molecule has 9 unspecified atom stereocenters. The van der Waals surface area contributed by atoms with E-state index in [1.165, 1.54) is 0 Å². The Morgan fingerprint density at radius 3 is 2.58 bits per heavy atom. The predicted octanol–water partition coefficient (Wildman–Crippen LogP) is 1.27. The quantitative estimate of drug-likeness (QED) is 0.194. The molecule has 33 heavy (non-hydrogen) atoms. The van der Waals surface area contributed by atoms with Gasteiger partial charge in [-0.25, -0.2) is 0 Å². The number of hydrogen-bond donors (Lipinski definition) is 6. The Bertz CT molecular complexity index is 714. The van der Waals surface area contributed by atoms with E-state index in [1.807, 2.05) is 0 Å². The van der Waals surface area contributed by atoms with E-state index >= 15 is 0 Å². The van der Waals surface area contributed by atoms with Crippen molar-refractivity contribution >= 4 is 11.6 Å². The molecule has 2 saturated heterocycles. The molecule has 2 aliphatic carbocycles. The number of aliphatic hydroxyl groups is 2. The molecule has 11 heteroatoms. The van der Waals surface area contributed by atoms with Gasteiger partial charge in [0.25, 0.3) is 0 Å². The second-order valence-corrected chi connectivity index (χ2v) is 10.8. The monoisotopic (exact) mass is 495 g/mol. The summed E-state index contributed by atoms with van der Waals surface area (Å²) in [6.45, 7) is 5.87. The van der Waals surface area contributed by atoms with Gasteiger partial charge in [-0.1, -0.05) is 19.9 Å². The maximum absolute atomic E-state index is 13.4. The first-order chi connectivity index (χ1) is 15.5. The molecule has 0 radical (unpaired) electrons. The third-order valence-corrected chi connectivity index (χ3v) is 8.40. The highest BCUT2D eigenvalue weighted by Gasteiger charge is 2.50. The molecule has 0 bridgehead atoms. The van der Waals surface area contributed by atoms with E-state index in [-0.39, 0.29) is 30.8 Å². The average Bonchev–Trinajstić information content (AvgIpc) is 2.72. The van der Waals surface area contributed by atoms with Gasteiger partial charge < -0.3 is 20.8 Å². The Kier molecular flexibility index (Phi) is 7.97. The summed E-state index contributed by atoms with van der Waals surface area (Å²) in [7, 11) is 0. The molecule has 190 valence electrons. The number of hydrogen-bond acceptors (Lipinski definition) is 7. The minimum absolute atomic E-state index is 0.213. The number of nitrogens with zero attached hydrogens (tertiary/aromatic N) is 1. The van der Waals surface area contributed by atoms with E-state index in [0.717, 1.165) is 18.9 Å². The molecule has 4 rings (SSSR count). The Labute approximate surface area is 198 Å². The summed E-state index contributed by atoms with van der Waals surface area (Å²) in [5, 5.41) is 32.8. The lowest BCUT2D eigenvalue weighted by Gasteiger charge is -2.57.